The predicted molar refractivity (Wildman–Crippen MR) is 147 cm³/mol. The number of carbonyl (C=O) groups is 1. The summed E-state index contributed by atoms with van der Waals surface area (Å²) in [7, 11) is 0. The van der Waals surface area contributed by atoms with Crippen LogP contribution in [0.2, 0.25) is 5.02 Å². The van der Waals surface area contributed by atoms with Crippen molar-refractivity contribution in [3.63, 3.8) is 0 Å². The van der Waals surface area contributed by atoms with E-state index in [0.717, 1.165) is 49.4 Å². The molecule has 1 aromatic heterocycles. The predicted octanol–water partition coefficient (Wildman–Crippen LogP) is 6.63. The molecule has 4 rings (SSSR count). The lowest BCUT2D eigenvalue weighted by Gasteiger charge is -2.28. The molecule has 188 valence electrons. The van der Waals surface area contributed by atoms with Gasteiger partial charge in [0.2, 0.25) is 5.91 Å². The number of benzene rings is 2. The highest BCUT2D eigenvalue weighted by Crippen LogP contribution is 2.23. The molecule has 1 saturated heterocycles. The summed E-state index contributed by atoms with van der Waals surface area (Å²) in [6, 6.07) is 16.7. The molecule has 35 heavy (non-hydrogen) atoms. The molecule has 0 aliphatic carbocycles. The molecule has 0 bridgehead atoms. The zero-order chi connectivity index (χ0) is 24.6. The Balaban J connectivity index is 1.51. The van der Waals surface area contributed by atoms with Crippen LogP contribution in [0.3, 0.4) is 0 Å². The van der Waals surface area contributed by atoms with Gasteiger partial charge in [-0.3, -0.25) is 4.79 Å². The molecule has 1 fully saturated rings. The summed E-state index contributed by atoms with van der Waals surface area (Å²) in [6.45, 7) is 7.57. The number of nitrogens with zero attached hydrogens (tertiary/aromatic N) is 1. The molecule has 3 aromatic rings. The van der Waals surface area contributed by atoms with Crippen molar-refractivity contribution in [3.05, 3.63) is 70.9 Å². The Morgan fingerprint density at radius 3 is 2.63 bits per heavy atom. The topological polar surface area (TPSA) is 48.1 Å². The first-order valence-corrected chi connectivity index (χ1v) is 13.6. The van der Waals surface area contributed by atoms with E-state index in [9.17, 15) is 4.79 Å². The number of fused-ring (bicyclic) bond motifs is 1. The van der Waals surface area contributed by atoms with Crippen LogP contribution in [0.15, 0.2) is 54.7 Å². The second kappa shape index (κ2) is 12.6. The molecule has 3 atom stereocenters. The summed E-state index contributed by atoms with van der Waals surface area (Å²) in [4.78, 5) is 18.9. The van der Waals surface area contributed by atoms with Crippen LogP contribution in [0.1, 0.15) is 57.1 Å². The van der Waals surface area contributed by atoms with Gasteiger partial charge in [0.25, 0.3) is 0 Å². The van der Waals surface area contributed by atoms with Crippen LogP contribution < -0.4 is 5.32 Å². The fourth-order valence-corrected chi connectivity index (χ4v) is 5.66. The lowest BCUT2D eigenvalue weighted by molar-refractivity contribution is -0.122. The highest BCUT2D eigenvalue weighted by molar-refractivity contribution is 6.30. The van der Waals surface area contributed by atoms with Gasteiger partial charge in [-0.25, -0.2) is 0 Å². The summed E-state index contributed by atoms with van der Waals surface area (Å²) < 4.78 is 0. The number of para-hydroxylation sites is 1. The van der Waals surface area contributed by atoms with Gasteiger partial charge in [0.15, 0.2) is 0 Å². The Labute approximate surface area is 215 Å². The average molecular weight is 494 g/mol. The summed E-state index contributed by atoms with van der Waals surface area (Å²) in [6.07, 6.45) is 9.16. The third-order valence-corrected chi connectivity index (χ3v) is 7.71. The number of hydrogen-bond donors (Lipinski definition) is 2. The number of aromatic nitrogens is 1. The van der Waals surface area contributed by atoms with E-state index in [1.54, 1.807) is 0 Å². The highest BCUT2D eigenvalue weighted by atomic mass is 35.5. The maximum absolute atomic E-state index is 13.0. The zero-order valence-corrected chi connectivity index (χ0v) is 22.0. The van der Waals surface area contributed by atoms with Crippen molar-refractivity contribution < 1.29 is 4.79 Å². The second-order valence-corrected chi connectivity index (χ2v) is 11.1. The van der Waals surface area contributed by atoms with Gasteiger partial charge in [0.1, 0.15) is 0 Å². The van der Waals surface area contributed by atoms with Crippen molar-refractivity contribution in [1.29, 1.82) is 0 Å². The number of H-pyrrole nitrogens is 1. The standard InChI is InChI=1S/C30H40ClN3O/c1-22-6-5-16-34(17-15-24-10-12-26(31)13-11-24)21-27(33-30(35)14-9-23(2)18-22)19-25-20-32-29-8-4-3-7-28(25)29/h3-4,7-8,10-13,20,22-23,27,32H,5-6,9,14-19,21H2,1-2H3,(H,33,35)/t22?,23-,27?/m0/s1. The van der Waals surface area contributed by atoms with E-state index in [1.807, 2.05) is 12.1 Å². The molecule has 4 nitrogen and oxygen atoms in total. The molecule has 0 spiro atoms. The first-order valence-electron chi connectivity index (χ1n) is 13.3. The van der Waals surface area contributed by atoms with Crippen LogP contribution >= 0.6 is 11.6 Å². The summed E-state index contributed by atoms with van der Waals surface area (Å²) >= 11 is 6.09. The second-order valence-electron chi connectivity index (χ2n) is 10.6. The smallest absolute Gasteiger partial charge is 0.220 e. The van der Waals surface area contributed by atoms with E-state index in [0.29, 0.717) is 18.3 Å². The number of nitrogens with one attached hydrogen (secondary N) is 2. The van der Waals surface area contributed by atoms with Gasteiger partial charge in [-0.15, -0.1) is 0 Å². The summed E-state index contributed by atoms with van der Waals surface area (Å²) in [5, 5.41) is 5.44. The van der Waals surface area contributed by atoms with Gasteiger partial charge in [0, 0.05) is 47.7 Å². The van der Waals surface area contributed by atoms with Gasteiger partial charge in [-0.05, 0) is 86.2 Å². The maximum Gasteiger partial charge on any atom is 0.220 e. The molecular formula is C30H40ClN3O. The number of aromatic amines is 1. The molecule has 1 amide bonds. The van der Waals surface area contributed by atoms with Crippen molar-refractivity contribution in [2.45, 2.75) is 64.8 Å². The number of hydrogen-bond acceptors (Lipinski definition) is 2. The molecule has 0 saturated carbocycles. The Kier molecular flexibility index (Phi) is 9.28. The SMILES string of the molecule is CC1CCCN(CCc2ccc(Cl)cc2)CC(Cc2c[nH]c3ccccc23)NC(=O)CC[C@H](C)C1. The van der Waals surface area contributed by atoms with Gasteiger partial charge in [0.05, 0.1) is 0 Å². The molecule has 1 aliphatic rings. The van der Waals surface area contributed by atoms with Crippen LogP contribution in [0.5, 0.6) is 0 Å². The van der Waals surface area contributed by atoms with Crippen LogP contribution in [0.25, 0.3) is 10.9 Å². The quantitative estimate of drug-likeness (QED) is 0.419. The maximum atomic E-state index is 13.0. The molecular weight excluding hydrogens is 454 g/mol. The van der Waals surface area contributed by atoms with Crippen LogP contribution in [0, 0.1) is 11.8 Å². The van der Waals surface area contributed by atoms with Gasteiger partial charge in [-0.1, -0.05) is 55.8 Å². The van der Waals surface area contributed by atoms with E-state index >= 15 is 0 Å². The number of carbonyl (C=O) groups excluding carboxylic acids is 1. The van der Waals surface area contributed by atoms with Crippen molar-refractivity contribution in [2.24, 2.45) is 11.8 Å². The fourth-order valence-electron chi connectivity index (χ4n) is 5.53. The van der Waals surface area contributed by atoms with Gasteiger partial charge >= 0.3 is 0 Å². The van der Waals surface area contributed by atoms with Crippen LogP contribution in [-0.4, -0.2) is 41.5 Å². The van der Waals surface area contributed by atoms with Crippen molar-refractivity contribution >= 4 is 28.4 Å². The third-order valence-electron chi connectivity index (χ3n) is 7.46. The van der Waals surface area contributed by atoms with Crippen LogP contribution in [0.4, 0.5) is 0 Å². The molecule has 2 unspecified atom stereocenters. The monoisotopic (exact) mass is 493 g/mol. The minimum atomic E-state index is 0.0837. The first-order chi connectivity index (χ1) is 17.0. The number of halogens is 1. The summed E-state index contributed by atoms with van der Waals surface area (Å²) in [5.74, 6) is 1.48. The van der Waals surface area contributed by atoms with Gasteiger partial charge < -0.3 is 15.2 Å². The fraction of sp³-hybridized carbons (Fsp3) is 0.500. The van der Waals surface area contributed by atoms with E-state index in [4.69, 9.17) is 11.6 Å². The number of amides is 1. The van der Waals surface area contributed by atoms with Crippen molar-refractivity contribution in [3.8, 4) is 0 Å². The van der Waals surface area contributed by atoms with Crippen molar-refractivity contribution in [2.75, 3.05) is 19.6 Å². The summed E-state index contributed by atoms with van der Waals surface area (Å²) in [5.41, 5.74) is 3.73. The van der Waals surface area contributed by atoms with Crippen molar-refractivity contribution in [1.82, 2.24) is 15.2 Å². The minimum Gasteiger partial charge on any atom is -0.361 e. The molecule has 5 heteroatoms. The first kappa shape index (κ1) is 25.8. The highest BCUT2D eigenvalue weighted by Gasteiger charge is 2.21. The third kappa shape index (κ3) is 7.85. The largest absolute Gasteiger partial charge is 0.361 e. The minimum absolute atomic E-state index is 0.0837. The van der Waals surface area contributed by atoms with E-state index in [1.165, 1.54) is 35.8 Å². The number of rotatable bonds is 5. The molecule has 0 radical (unpaired) electrons. The molecule has 2 heterocycles. The molecule has 2 aromatic carbocycles. The Hall–Kier alpha value is -2.30. The molecule has 2 N–H and O–H groups in total. The molecule has 1 aliphatic heterocycles. The van der Waals surface area contributed by atoms with Gasteiger partial charge in [-0.2, -0.15) is 0 Å². The lowest BCUT2D eigenvalue weighted by atomic mass is 9.90. The Morgan fingerprint density at radius 2 is 1.80 bits per heavy atom. The van der Waals surface area contributed by atoms with Crippen LogP contribution in [-0.2, 0) is 17.6 Å². The zero-order valence-electron chi connectivity index (χ0n) is 21.2. The average Bonchev–Trinajstić information content (AvgIpc) is 3.24. The Morgan fingerprint density at radius 1 is 1.03 bits per heavy atom. The Bertz CT molecular complexity index is 1080. The lowest BCUT2D eigenvalue weighted by Crippen LogP contribution is -2.46. The van der Waals surface area contributed by atoms with E-state index < -0.39 is 0 Å². The normalized spacial score (nSPS) is 23.3. The van der Waals surface area contributed by atoms with E-state index in [2.05, 4.69) is 71.6 Å². The van der Waals surface area contributed by atoms with E-state index in [-0.39, 0.29) is 11.9 Å².